The molecule has 1 atom stereocenters. The molecule has 0 bridgehead atoms. The van der Waals surface area contributed by atoms with Gasteiger partial charge in [0.2, 0.25) is 10.0 Å². The smallest absolute Gasteiger partial charge is 0.213 e. The molecule has 1 aromatic carbocycles. The Morgan fingerprint density at radius 3 is 2.75 bits per heavy atom. The standard InChI is InChI=1S/C18H29ClN4O3S.HI/c1-20-18(23(2)14-15-7-3-4-9-17(15)19)21-10-12-27(24,25)22-13-16-8-5-6-11-26-16;/h3-4,7,9,16,22H,5-6,8,10-14H2,1-2H3,(H,20,21);1H. The summed E-state index contributed by atoms with van der Waals surface area (Å²) < 4.78 is 32.5. The van der Waals surface area contributed by atoms with Crippen molar-refractivity contribution in [3.05, 3.63) is 34.9 Å². The van der Waals surface area contributed by atoms with E-state index in [2.05, 4.69) is 15.0 Å². The fraction of sp³-hybridized carbons (Fsp3) is 0.611. The first-order valence-electron chi connectivity index (χ1n) is 9.15. The van der Waals surface area contributed by atoms with Crippen molar-refractivity contribution in [3.63, 3.8) is 0 Å². The van der Waals surface area contributed by atoms with Gasteiger partial charge in [-0.3, -0.25) is 4.99 Å². The topological polar surface area (TPSA) is 83.0 Å². The first-order valence-corrected chi connectivity index (χ1v) is 11.2. The predicted octanol–water partition coefficient (Wildman–Crippen LogP) is 2.45. The molecule has 1 fully saturated rings. The van der Waals surface area contributed by atoms with E-state index in [-0.39, 0.29) is 42.4 Å². The van der Waals surface area contributed by atoms with Crippen molar-refractivity contribution < 1.29 is 13.2 Å². The van der Waals surface area contributed by atoms with Gasteiger partial charge in [-0.15, -0.1) is 24.0 Å². The Morgan fingerprint density at radius 1 is 1.36 bits per heavy atom. The van der Waals surface area contributed by atoms with Crippen molar-refractivity contribution in [1.82, 2.24) is 14.9 Å². The Morgan fingerprint density at radius 2 is 2.11 bits per heavy atom. The molecular weight excluding hydrogens is 515 g/mol. The highest BCUT2D eigenvalue weighted by atomic mass is 127. The van der Waals surface area contributed by atoms with E-state index in [9.17, 15) is 8.42 Å². The van der Waals surface area contributed by atoms with Gasteiger partial charge < -0.3 is 15.0 Å². The number of nitrogens with zero attached hydrogens (tertiary/aromatic N) is 2. The second-order valence-corrected chi connectivity index (χ2v) is 8.91. The van der Waals surface area contributed by atoms with Gasteiger partial charge in [-0.2, -0.15) is 0 Å². The number of aliphatic imine (C=N–C) groups is 1. The monoisotopic (exact) mass is 544 g/mol. The van der Waals surface area contributed by atoms with E-state index in [1.165, 1.54) is 0 Å². The Bertz CT molecular complexity index is 727. The van der Waals surface area contributed by atoms with Crippen molar-refractivity contribution in [2.75, 3.05) is 39.5 Å². The van der Waals surface area contributed by atoms with Gasteiger partial charge in [0.15, 0.2) is 5.96 Å². The number of halogens is 2. The van der Waals surface area contributed by atoms with Crippen LogP contribution < -0.4 is 10.0 Å². The molecule has 1 aromatic rings. The fourth-order valence-corrected chi connectivity index (χ4v) is 4.05. The molecule has 2 N–H and O–H groups in total. The SMILES string of the molecule is CN=C(NCCS(=O)(=O)NCC1CCCCO1)N(C)Cc1ccccc1Cl.I. The minimum Gasteiger partial charge on any atom is -0.377 e. The zero-order valence-corrected chi connectivity index (χ0v) is 20.3. The molecule has 1 unspecified atom stereocenters. The van der Waals surface area contributed by atoms with Crippen molar-refractivity contribution in [2.24, 2.45) is 4.99 Å². The molecule has 0 aromatic heterocycles. The maximum atomic E-state index is 12.2. The molecule has 0 amide bonds. The summed E-state index contributed by atoms with van der Waals surface area (Å²) in [6.07, 6.45) is 3.02. The average Bonchev–Trinajstić information content (AvgIpc) is 2.66. The number of hydrogen-bond acceptors (Lipinski definition) is 4. The molecule has 2 rings (SSSR count). The summed E-state index contributed by atoms with van der Waals surface area (Å²) in [6.45, 7) is 1.88. The van der Waals surface area contributed by atoms with Crippen LogP contribution in [0.1, 0.15) is 24.8 Å². The molecule has 0 radical (unpaired) electrons. The molecular formula is C18H30ClIN4O3S. The average molecular weight is 545 g/mol. The first kappa shape index (κ1) is 25.4. The van der Waals surface area contributed by atoms with Crippen LogP contribution in [0, 0.1) is 0 Å². The van der Waals surface area contributed by atoms with Gasteiger partial charge in [0.05, 0.1) is 11.9 Å². The van der Waals surface area contributed by atoms with E-state index in [0.29, 0.717) is 30.7 Å². The number of sulfonamides is 1. The summed E-state index contributed by atoms with van der Waals surface area (Å²) in [7, 11) is 0.183. The maximum Gasteiger partial charge on any atom is 0.213 e. The highest BCUT2D eigenvalue weighted by Crippen LogP contribution is 2.16. The second kappa shape index (κ2) is 12.8. The summed E-state index contributed by atoms with van der Waals surface area (Å²) in [5.74, 6) is 0.583. The fourth-order valence-electron chi connectivity index (χ4n) is 2.90. The van der Waals surface area contributed by atoms with Crippen LogP contribution in [0.15, 0.2) is 29.3 Å². The minimum absolute atomic E-state index is 0. The van der Waals surface area contributed by atoms with Gasteiger partial charge in [0.1, 0.15) is 0 Å². The molecule has 0 aliphatic carbocycles. The molecule has 28 heavy (non-hydrogen) atoms. The number of benzene rings is 1. The van der Waals surface area contributed by atoms with Gasteiger partial charge in [-0.05, 0) is 30.9 Å². The van der Waals surface area contributed by atoms with Crippen LogP contribution in [0.4, 0.5) is 0 Å². The number of rotatable bonds is 8. The van der Waals surface area contributed by atoms with E-state index in [1.807, 2.05) is 36.2 Å². The van der Waals surface area contributed by atoms with E-state index in [1.54, 1.807) is 7.05 Å². The summed E-state index contributed by atoms with van der Waals surface area (Å²) in [5, 5.41) is 3.78. The Labute approximate surface area is 190 Å². The van der Waals surface area contributed by atoms with Gasteiger partial charge in [-0.25, -0.2) is 13.1 Å². The van der Waals surface area contributed by atoms with E-state index >= 15 is 0 Å². The quantitative estimate of drug-likeness (QED) is 0.298. The van der Waals surface area contributed by atoms with Crippen LogP contribution >= 0.6 is 35.6 Å². The number of guanidine groups is 1. The minimum atomic E-state index is -3.36. The highest BCUT2D eigenvalue weighted by molar-refractivity contribution is 14.0. The van der Waals surface area contributed by atoms with Crippen LogP contribution in [0.2, 0.25) is 5.02 Å². The summed E-state index contributed by atoms with van der Waals surface area (Å²) in [4.78, 5) is 6.11. The molecule has 7 nitrogen and oxygen atoms in total. The lowest BCUT2D eigenvalue weighted by Crippen LogP contribution is -2.43. The van der Waals surface area contributed by atoms with Gasteiger partial charge in [0.25, 0.3) is 0 Å². The van der Waals surface area contributed by atoms with Gasteiger partial charge in [-0.1, -0.05) is 29.8 Å². The normalized spacial score (nSPS) is 17.7. The molecule has 1 saturated heterocycles. The Kier molecular flexibility index (Phi) is 11.7. The maximum absolute atomic E-state index is 12.2. The molecule has 0 saturated carbocycles. The lowest BCUT2D eigenvalue weighted by molar-refractivity contribution is 0.0200. The predicted molar refractivity (Wildman–Crippen MR) is 125 cm³/mol. The molecule has 1 heterocycles. The van der Waals surface area contributed by atoms with Gasteiger partial charge in [0, 0.05) is 45.4 Å². The van der Waals surface area contributed by atoms with E-state index in [0.717, 1.165) is 24.8 Å². The van der Waals surface area contributed by atoms with Crippen LogP contribution in [0.25, 0.3) is 0 Å². The van der Waals surface area contributed by atoms with E-state index in [4.69, 9.17) is 16.3 Å². The Hall–Kier alpha value is -0.620. The molecule has 10 heteroatoms. The van der Waals surface area contributed by atoms with E-state index < -0.39 is 10.0 Å². The highest BCUT2D eigenvalue weighted by Gasteiger charge is 2.18. The third-order valence-corrected chi connectivity index (χ3v) is 6.11. The van der Waals surface area contributed by atoms with Crippen LogP contribution in [0.5, 0.6) is 0 Å². The van der Waals surface area contributed by atoms with Gasteiger partial charge >= 0.3 is 0 Å². The number of hydrogen-bond donors (Lipinski definition) is 2. The summed E-state index contributed by atoms with van der Waals surface area (Å²) in [5.41, 5.74) is 0.978. The molecule has 0 spiro atoms. The number of ether oxygens (including phenoxy) is 1. The zero-order chi connectivity index (χ0) is 19.7. The number of nitrogens with one attached hydrogen (secondary N) is 2. The van der Waals surface area contributed by atoms with Crippen molar-refractivity contribution in [1.29, 1.82) is 0 Å². The van der Waals surface area contributed by atoms with Crippen LogP contribution in [-0.4, -0.2) is 64.9 Å². The van der Waals surface area contributed by atoms with Crippen LogP contribution in [-0.2, 0) is 21.3 Å². The van der Waals surface area contributed by atoms with Crippen molar-refractivity contribution in [3.8, 4) is 0 Å². The second-order valence-electron chi connectivity index (χ2n) is 6.58. The zero-order valence-electron chi connectivity index (χ0n) is 16.4. The van der Waals surface area contributed by atoms with Crippen LogP contribution in [0.3, 0.4) is 0 Å². The van der Waals surface area contributed by atoms with Crippen molar-refractivity contribution >= 4 is 51.6 Å². The third-order valence-electron chi connectivity index (χ3n) is 4.40. The first-order chi connectivity index (χ1) is 12.9. The molecule has 1 aliphatic heterocycles. The lowest BCUT2D eigenvalue weighted by Gasteiger charge is -2.23. The largest absolute Gasteiger partial charge is 0.377 e. The Balaban J connectivity index is 0.00000392. The molecule has 160 valence electrons. The summed E-state index contributed by atoms with van der Waals surface area (Å²) in [6, 6.07) is 7.61. The third kappa shape index (κ3) is 8.81. The molecule has 1 aliphatic rings. The summed E-state index contributed by atoms with van der Waals surface area (Å²) >= 11 is 6.19. The van der Waals surface area contributed by atoms with Crippen molar-refractivity contribution in [2.45, 2.75) is 31.9 Å². The lowest BCUT2D eigenvalue weighted by atomic mass is 10.1.